The molecule has 0 amide bonds. The maximum Gasteiger partial charge on any atom is 0.263 e. The maximum absolute atomic E-state index is 12.9. The Morgan fingerprint density at radius 1 is 1.19 bits per heavy atom. The summed E-state index contributed by atoms with van der Waals surface area (Å²) in [6, 6.07) is 10.4. The molecule has 0 saturated heterocycles. The van der Waals surface area contributed by atoms with E-state index in [0.29, 0.717) is 29.4 Å². The Hall–Kier alpha value is -2.19. The average molecular weight is 390 g/mol. The summed E-state index contributed by atoms with van der Waals surface area (Å²) in [6.45, 7) is 0.676. The van der Waals surface area contributed by atoms with E-state index >= 15 is 0 Å². The van der Waals surface area contributed by atoms with Crippen LogP contribution in [0.25, 0.3) is 22.2 Å². The Balaban J connectivity index is 2.12. The maximum atomic E-state index is 12.9. The second-order valence-electron chi connectivity index (χ2n) is 6.21. The quantitative estimate of drug-likeness (QED) is 0.560. The van der Waals surface area contributed by atoms with Crippen molar-refractivity contribution in [2.24, 2.45) is 5.14 Å². The molecular weight excluding hydrogens is 374 g/mol. The number of rotatable bonds is 4. The summed E-state index contributed by atoms with van der Waals surface area (Å²) in [5.41, 5.74) is 3.74. The van der Waals surface area contributed by atoms with Crippen molar-refractivity contribution < 1.29 is 13.2 Å². The average Bonchev–Trinajstić information content (AvgIpc) is 3.05. The fourth-order valence-electron chi connectivity index (χ4n) is 3.56. The molecule has 6 nitrogen and oxygen atoms in total. The second-order valence-corrected chi connectivity index (χ2v) is 8.15. The highest BCUT2D eigenvalue weighted by atomic mass is 35.5. The van der Waals surface area contributed by atoms with Gasteiger partial charge in [0.2, 0.25) is 10.0 Å². The molecule has 0 bridgehead atoms. The van der Waals surface area contributed by atoms with Crippen LogP contribution in [0.3, 0.4) is 0 Å². The molecule has 0 spiro atoms. The molecule has 0 fully saturated rings. The van der Waals surface area contributed by atoms with Gasteiger partial charge < -0.3 is 5.32 Å². The number of aromatic nitrogens is 1. The van der Waals surface area contributed by atoms with Crippen LogP contribution in [-0.4, -0.2) is 32.5 Å². The number of benzene rings is 2. The lowest BCUT2D eigenvalue weighted by Crippen LogP contribution is -2.13. The molecular formula is C18H16ClN3O3S. The number of nitrogens with one attached hydrogen (secondary N) is 1. The first-order chi connectivity index (χ1) is 12.3. The van der Waals surface area contributed by atoms with Gasteiger partial charge in [0.1, 0.15) is 4.90 Å². The molecule has 0 saturated carbocycles. The standard InChI is InChI=1S/C18H16ClN3O3S/c1-21-7-6-11-13-8-16(26(20,24)25)14(19)9-15(13)22-17(11)10-4-2-3-5-12(10)18(22)23/h2-5,8-9,21H,6-7H2,1H3,(H2,20,24,25). The van der Waals surface area contributed by atoms with Gasteiger partial charge in [0, 0.05) is 16.5 Å². The lowest BCUT2D eigenvalue weighted by Gasteiger charge is -2.06. The van der Waals surface area contributed by atoms with Crippen LogP contribution < -0.4 is 10.5 Å². The first-order valence-electron chi connectivity index (χ1n) is 8.03. The van der Waals surface area contributed by atoms with E-state index in [0.717, 1.165) is 16.8 Å². The van der Waals surface area contributed by atoms with Gasteiger partial charge in [0.25, 0.3) is 5.91 Å². The molecule has 0 aliphatic carbocycles. The van der Waals surface area contributed by atoms with Gasteiger partial charge in [0.05, 0.1) is 16.2 Å². The summed E-state index contributed by atoms with van der Waals surface area (Å²) in [6.07, 6.45) is 0.628. The largest absolute Gasteiger partial charge is 0.319 e. The lowest BCUT2D eigenvalue weighted by molar-refractivity contribution is 0.0973. The Morgan fingerprint density at radius 2 is 1.88 bits per heavy atom. The highest BCUT2D eigenvalue weighted by molar-refractivity contribution is 7.89. The SMILES string of the molecule is CNCCc1c2n(c3cc(Cl)c(S(N)(=O)=O)cc13)C(=O)c1ccccc1-2. The van der Waals surface area contributed by atoms with E-state index in [1.807, 2.05) is 25.2 Å². The van der Waals surface area contributed by atoms with Crippen molar-refractivity contribution >= 4 is 38.4 Å². The number of primary sulfonamides is 1. The van der Waals surface area contributed by atoms with Gasteiger partial charge in [-0.2, -0.15) is 0 Å². The predicted octanol–water partition coefficient (Wildman–Crippen LogP) is 2.37. The molecule has 1 aliphatic rings. The summed E-state index contributed by atoms with van der Waals surface area (Å²) in [5.74, 6) is -0.143. The van der Waals surface area contributed by atoms with Crippen LogP contribution in [0.2, 0.25) is 5.02 Å². The highest BCUT2D eigenvalue weighted by Crippen LogP contribution is 2.42. The van der Waals surface area contributed by atoms with Crippen molar-refractivity contribution in [3.8, 4) is 11.3 Å². The Morgan fingerprint density at radius 3 is 2.54 bits per heavy atom. The molecule has 0 atom stereocenters. The molecule has 8 heteroatoms. The van der Waals surface area contributed by atoms with Gasteiger partial charge in [-0.3, -0.25) is 9.36 Å². The summed E-state index contributed by atoms with van der Waals surface area (Å²) in [7, 11) is -2.13. The van der Waals surface area contributed by atoms with Crippen molar-refractivity contribution in [3.05, 3.63) is 52.5 Å². The van der Waals surface area contributed by atoms with E-state index in [4.69, 9.17) is 16.7 Å². The number of hydrogen-bond donors (Lipinski definition) is 2. The number of likely N-dealkylation sites (N-methyl/N-ethyl adjacent to an activating group) is 1. The zero-order valence-corrected chi connectivity index (χ0v) is 15.5. The third-order valence-corrected chi connectivity index (χ3v) is 6.05. The summed E-state index contributed by atoms with van der Waals surface area (Å²) in [5, 5.41) is 9.06. The molecule has 1 aliphatic heterocycles. The van der Waals surface area contributed by atoms with E-state index in [-0.39, 0.29) is 15.8 Å². The van der Waals surface area contributed by atoms with E-state index in [9.17, 15) is 13.2 Å². The van der Waals surface area contributed by atoms with Crippen molar-refractivity contribution in [2.75, 3.05) is 13.6 Å². The molecule has 134 valence electrons. The minimum atomic E-state index is -3.97. The molecule has 3 aromatic rings. The molecule has 1 aromatic heterocycles. The monoisotopic (exact) mass is 389 g/mol. The smallest absolute Gasteiger partial charge is 0.263 e. The van der Waals surface area contributed by atoms with E-state index in [1.165, 1.54) is 12.1 Å². The third kappa shape index (κ3) is 2.39. The summed E-state index contributed by atoms with van der Waals surface area (Å²) < 4.78 is 25.4. The van der Waals surface area contributed by atoms with Crippen LogP contribution in [0.4, 0.5) is 0 Å². The molecule has 26 heavy (non-hydrogen) atoms. The van der Waals surface area contributed by atoms with Crippen molar-refractivity contribution in [3.63, 3.8) is 0 Å². The lowest BCUT2D eigenvalue weighted by atomic mass is 10.00. The Kier molecular flexibility index (Phi) is 3.92. The van der Waals surface area contributed by atoms with Crippen LogP contribution in [-0.2, 0) is 16.4 Å². The van der Waals surface area contributed by atoms with Crippen LogP contribution in [0.1, 0.15) is 15.9 Å². The highest BCUT2D eigenvalue weighted by Gasteiger charge is 2.32. The minimum absolute atomic E-state index is 0.00391. The van der Waals surface area contributed by atoms with Gasteiger partial charge in [-0.05, 0) is 43.8 Å². The topological polar surface area (TPSA) is 94.2 Å². The first-order valence-corrected chi connectivity index (χ1v) is 9.95. The van der Waals surface area contributed by atoms with Crippen LogP contribution in [0, 0.1) is 0 Å². The van der Waals surface area contributed by atoms with Crippen molar-refractivity contribution in [2.45, 2.75) is 11.3 Å². The van der Waals surface area contributed by atoms with Gasteiger partial charge in [-0.15, -0.1) is 0 Å². The van der Waals surface area contributed by atoms with Gasteiger partial charge >= 0.3 is 0 Å². The number of nitrogens with two attached hydrogens (primary N) is 1. The number of fused-ring (bicyclic) bond motifs is 5. The van der Waals surface area contributed by atoms with Crippen molar-refractivity contribution in [1.29, 1.82) is 0 Å². The van der Waals surface area contributed by atoms with Crippen LogP contribution in [0.15, 0.2) is 41.3 Å². The third-order valence-electron chi connectivity index (χ3n) is 4.67. The fourth-order valence-corrected chi connectivity index (χ4v) is 4.66. The minimum Gasteiger partial charge on any atom is -0.319 e. The molecule has 2 aromatic carbocycles. The normalized spacial score (nSPS) is 13.3. The number of nitrogens with zero attached hydrogens (tertiary/aromatic N) is 1. The number of carbonyl (C=O) groups excluding carboxylic acids is 1. The zero-order valence-electron chi connectivity index (χ0n) is 13.9. The zero-order chi connectivity index (χ0) is 18.6. The van der Waals surface area contributed by atoms with E-state index in [1.54, 1.807) is 10.6 Å². The van der Waals surface area contributed by atoms with E-state index in [2.05, 4.69) is 5.32 Å². The van der Waals surface area contributed by atoms with Crippen LogP contribution in [0.5, 0.6) is 0 Å². The number of halogens is 1. The first kappa shape index (κ1) is 17.2. The molecule has 0 radical (unpaired) electrons. The predicted molar refractivity (Wildman–Crippen MR) is 101 cm³/mol. The van der Waals surface area contributed by atoms with Gasteiger partial charge in [0.15, 0.2) is 0 Å². The second kappa shape index (κ2) is 5.92. The van der Waals surface area contributed by atoms with Gasteiger partial charge in [-0.1, -0.05) is 29.8 Å². The molecule has 4 rings (SSSR count). The number of sulfonamides is 1. The molecule has 3 N–H and O–H groups in total. The summed E-state index contributed by atoms with van der Waals surface area (Å²) in [4.78, 5) is 12.8. The Labute approximate surface area is 155 Å². The number of hydrogen-bond acceptors (Lipinski definition) is 4. The number of carbonyl (C=O) groups is 1. The summed E-state index contributed by atoms with van der Waals surface area (Å²) >= 11 is 6.17. The molecule has 0 unspecified atom stereocenters. The van der Waals surface area contributed by atoms with Crippen molar-refractivity contribution in [1.82, 2.24) is 9.88 Å². The fraction of sp³-hybridized carbons (Fsp3) is 0.167. The van der Waals surface area contributed by atoms with Gasteiger partial charge in [-0.25, -0.2) is 13.6 Å². The van der Waals surface area contributed by atoms with E-state index < -0.39 is 10.0 Å². The van der Waals surface area contributed by atoms with Crippen LogP contribution >= 0.6 is 11.6 Å². The Bertz CT molecular complexity index is 1180. The molecule has 2 heterocycles.